The molecule has 1 amide bonds. The Morgan fingerprint density at radius 2 is 1.92 bits per heavy atom. The van der Waals surface area contributed by atoms with Crippen LogP contribution in [0.5, 0.6) is 5.75 Å². The normalized spacial score (nSPS) is 12.0. The molecule has 0 heterocycles. The lowest BCUT2D eigenvalue weighted by Crippen LogP contribution is -2.47. The van der Waals surface area contributed by atoms with E-state index in [1.54, 1.807) is 24.3 Å². The Bertz CT molecular complexity index is 908. The van der Waals surface area contributed by atoms with E-state index in [0.717, 1.165) is 0 Å². The minimum absolute atomic E-state index is 0.0824. The first-order valence-electron chi connectivity index (χ1n) is 7.06. The molecule has 0 spiro atoms. The third-order valence-corrected chi connectivity index (χ3v) is 4.56. The Labute approximate surface area is 150 Å². The zero-order valence-electron chi connectivity index (χ0n) is 13.1. The molecule has 0 aromatic heterocycles. The van der Waals surface area contributed by atoms with Crippen molar-refractivity contribution in [2.45, 2.75) is 17.9 Å². The number of rotatable bonds is 6. The maximum absolute atomic E-state index is 12.1. The van der Waals surface area contributed by atoms with Gasteiger partial charge in [0.2, 0.25) is 0 Å². The van der Waals surface area contributed by atoms with Crippen molar-refractivity contribution in [1.29, 1.82) is 5.26 Å². The average Bonchev–Trinajstić information content (AvgIpc) is 2.60. The molecule has 0 unspecified atom stereocenters. The fourth-order valence-corrected chi connectivity index (χ4v) is 2.93. The standard InChI is InChI=1S/C16H14ClN3O4S/c1-11(24-14-7-5-12(10-18)6-8-14)16(21)19-20-25(22,23)15-4-2-3-13(17)9-15/h2-9,11,20H,1H3,(H,19,21)/t11-/m1/s1. The summed E-state index contributed by atoms with van der Waals surface area (Å²) in [5.74, 6) is -0.311. The van der Waals surface area contributed by atoms with Crippen LogP contribution < -0.4 is 15.0 Å². The number of nitrogens with zero attached hydrogens (tertiary/aromatic N) is 1. The molecule has 130 valence electrons. The fourth-order valence-electron chi connectivity index (χ4n) is 1.78. The van der Waals surface area contributed by atoms with Gasteiger partial charge < -0.3 is 4.74 Å². The van der Waals surface area contributed by atoms with Crippen LogP contribution in [0, 0.1) is 11.3 Å². The Hall–Kier alpha value is -2.60. The summed E-state index contributed by atoms with van der Waals surface area (Å²) in [7, 11) is -3.95. The van der Waals surface area contributed by atoms with E-state index < -0.39 is 22.0 Å². The van der Waals surface area contributed by atoms with Crippen LogP contribution in [0.15, 0.2) is 53.4 Å². The lowest BCUT2D eigenvalue weighted by Gasteiger charge is -2.15. The molecule has 1 atom stereocenters. The van der Waals surface area contributed by atoms with Crippen molar-refractivity contribution in [2.24, 2.45) is 0 Å². The smallest absolute Gasteiger partial charge is 0.275 e. The van der Waals surface area contributed by atoms with Crippen LogP contribution in [0.25, 0.3) is 0 Å². The molecule has 0 aliphatic carbocycles. The number of halogens is 1. The van der Waals surface area contributed by atoms with E-state index in [4.69, 9.17) is 21.6 Å². The quantitative estimate of drug-likeness (QED) is 0.746. The Balaban J connectivity index is 1.95. The van der Waals surface area contributed by atoms with E-state index in [2.05, 4.69) is 5.43 Å². The van der Waals surface area contributed by atoms with Gasteiger partial charge in [0.25, 0.3) is 15.9 Å². The maximum Gasteiger partial charge on any atom is 0.275 e. The summed E-state index contributed by atoms with van der Waals surface area (Å²) < 4.78 is 29.6. The van der Waals surface area contributed by atoms with E-state index in [0.29, 0.717) is 11.3 Å². The average molecular weight is 380 g/mol. The first-order chi connectivity index (χ1) is 11.8. The van der Waals surface area contributed by atoms with E-state index in [9.17, 15) is 13.2 Å². The van der Waals surface area contributed by atoms with Gasteiger partial charge in [-0.1, -0.05) is 17.7 Å². The fraction of sp³-hybridized carbons (Fsp3) is 0.125. The van der Waals surface area contributed by atoms with Crippen LogP contribution in [0.4, 0.5) is 0 Å². The summed E-state index contributed by atoms with van der Waals surface area (Å²) >= 11 is 5.76. The highest BCUT2D eigenvalue weighted by atomic mass is 35.5. The summed E-state index contributed by atoms with van der Waals surface area (Å²) in [4.78, 5) is 13.9. The van der Waals surface area contributed by atoms with Gasteiger partial charge in [-0.3, -0.25) is 10.2 Å². The van der Waals surface area contributed by atoms with Crippen molar-refractivity contribution < 1.29 is 17.9 Å². The van der Waals surface area contributed by atoms with Gasteiger partial charge in [0.1, 0.15) is 5.75 Å². The van der Waals surface area contributed by atoms with Gasteiger partial charge in [-0.05, 0) is 49.4 Å². The molecule has 0 aliphatic heterocycles. The van der Waals surface area contributed by atoms with E-state index in [1.165, 1.54) is 31.2 Å². The number of carbonyl (C=O) groups is 1. The number of nitriles is 1. The summed E-state index contributed by atoms with van der Waals surface area (Å²) in [6.45, 7) is 1.46. The SMILES string of the molecule is C[C@@H](Oc1ccc(C#N)cc1)C(=O)NNS(=O)(=O)c1cccc(Cl)c1. The predicted octanol–water partition coefficient (Wildman–Crippen LogP) is 1.99. The highest BCUT2D eigenvalue weighted by Gasteiger charge is 2.19. The molecule has 7 nitrogen and oxygen atoms in total. The number of nitrogens with one attached hydrogen (secondary N) is 2. The number of ether oxygens (including phenoxy) is 1. The molecule has 2 aromatic carbocycles. The van der Waals surface area contributed by atoms with Crippen molar-refractivity contribution >= 4 is 27.5 Å². The van der Waals surface area contributed by atoms with Gasteiger partial charge >= 0.3 is 0 Å². The molecule has 0 radical (unpaired) electrons. The zero-order chi connectivity index (χ0) is 18.4. The predicted molar refractivity (Wildman–Crippen MR) is 91.2 cm³/mol. The molecule has 2 aromatic rings. The van der Waals surface area contributed by atoms with Crippen LogP contribution >= 0.6 is 11.6 Å². The van der Waals surface area contributed by atoms with Gasteiger partial charge in [-0.2, -0.15) is 5.26 Å². The first kappa shape index (κ1) is 18.7. The number of hydrogen-bond acceptors (Lipinski definition) is 5. The minimum Gasteiger partial charge on any atom is -0.481 e. The molecular formula is C16H14ClN3O4S. The molecule has 2 N–H and O–H groups in total. The van der Waals surface area contributed by atoms with Crippen molar-refractivity contribution in [3.8, 4) is 11.8 Å². The van der Waals surface area contributed by atoms with Gasteiger partial charge in [-0.25, -0.2) is 8.42 Å². The van der Waals surface area contributed by atoms with E-state index in [1.807, 2.05) is 10.9 Å². The molecule has 25 heavy (non-hydrogen) atoms. The van der Waals surface area contributed by atoms with Crippen molar-refractivity contribution in [3.05, 3.63) is 59.1 Å². The van der Waals surface area contributed by atoms with Crippen LogP contribution in [0.3, 0.4) is 0 Å². The molecular weight excluding hydrogens is 366 g/mol. The van der Waals surface area contributed by atoms with Crippen LogP contribution in [-0.4, -0.2) is 20.4 Å². The molecule has 9 heteroatoms. The lowest BCUT2D eigenvalue weighted by molar-refractivity contribution is -0.127. The highest BCUT2D eigenvalue weighted by molar-refractivity contribution is 7.89. The molecule has 0 aliphatic rings. The second-order valence-corrected chi connectivity index (χ2v) is 7.07. The zero-order valence-corrected chi connectivity index (χ0v) is 14.6. The number of hydrogen-bond donors (Lipinski definition) is 2. The molecule has 2 rings (SSSR count). The monoisotopic (exact) mass is 379 g/mol. The molecule has 0 saturated heterocycles. The van der Waals surface area contributed by atoms with Crippen LogP contribution in [0.1, 0.15) is 12.5 Å². The van der Waals surface area contributed by atoms with Gasteiger partial charge in [0, 0.05) is 5.02 Å². The molecule has 0 bridgehead atoms. The topological polar surface area (TPSA) is 108 Å². The summed E-state index contributed by atoms with van der Waals surface area (Å²) in [6, 6.07) is 13.7. The molecule has 0 fully saturated rings. The summed E-state index contributed by atoms with van der Waals surface area (Å²) in [5, 5.41) is 8.98. The van der Waals surface area contributed by atoms with Gasteiger partial charge in [0.15, 0.2) is 6.10 Å². The lowest BCUT2D eigenvalue weighted by atomic mass is 10.2. The third kappa shape index (κ3) is 5.19. The molecule has 0 saturated carbocycles. The highest BCUT2D eigenvalue weighted by Crippen LogP contribution is 2.15. The minimum atomic E-state index is -3.95. The van der Waals surface area contributed by atoms with Crippen LogP contribution in [-0.2, 0) is 14.8 Å². The maximum atomic E-state index is 12.1. The Kier molecular flexibility index (Phi) is 5.98. The van der Waals surface area contributed by atoms with E-state index in [-0.39, 0.29) is 9.92 Å². The third-order valence-electron chi connectivity index (χ3n) is 3.08. The number of amides is 1. The Morgan fingerprint density at radius 1 is 1.24 bits per heavy atom. The second kappa shape index (κ2) is 7.98. The van der Waals surface area contributed by atoms with Gasteiger partial charge in [-0.15, -0.1) is 4.83 Å². The number of sulfonamides is 1. The number of carbonyl (C=O) groups excluding carboxylic acids is 1. The largest absolute Gasteiger partial charge is 0.481 e. The van der Waals surface area contributed by atoms with Crippen molar-refractivity contribution in [3.63, 3.8) is 0 Å². The first-order valence-corrected chi connectivity index (χ1v) is 8.92. The van der Waals surface area contributed by atoms with Crippen LogP contribution in [0.2, 0.25) is 5.02 Å². The summed E-state index contributed by atoms with van der Waals surface area (Å²) in [6.07, 6.45) is -0.963. The van der Waals surface area contributed by atoms with Crippen molar-refractivity contribution in [1.82, 2.24) is 10.3 Å². The number of hydrazine groups is 1. The number of benzene rings is 2. The van der Waals surface area contributed by atoms with Gasteiger partial charge in [0.05, 0.1) is 16.5 Å². The summed E-state index contributed by atoms with van der Waals surface area (Å²) in [5.41, 5.74) is 2.54. The second-order valence-electron chi connectivity index (χ2n) is 4.95. The van der Waals surface area contributed by atoms with E-state index >= 15 is 0 Å². The Morgan fingerprint density at radius 3 is 2.52 bits per heavy atom. The van der Waals surface area contributed by atoms with Crippen molar-refractivity contribution in [2.75, 3.05) is 0 Å².